The molecule has 1 aliphatic rings. The first-order valence-corrected chi connectivity index (χ1v) is 9.28. The zero-order valence-corrected chi connectivity index (χ0v) is 16.2. The molecule has 0 saturated heterocycles. The Morgan fingerprint density at radius 1 is 1.18 bits per heavy atom. The molecule has 0 radical (unpaired) electrons. The number of fused-ring (bicyclic) bond motifs is 1. The highest BCUT2D eigenvalue weighted by atomic mass is 16.6. The number of nitrogens with zero attached hydrogens (tertiary/aromatic N) is 2. The predicted octanol–water partition coefficient (Wildman–Crippen LogP) is 4.09. The van der Waals surface area contributed by atoms with Crippen LogP contribution in [0.2, 0.25) is 0 Å². The predicted molar refractivity (Wildman–Crippen MR) is 108 cm³/mol. The molecule has 0 spiro atoms. The standard InChI is InChI=1S/C21H23N3O4/c1-13(2)21(26)23-10-4-5-15-8-9-17(12-19(15)23)22-20(25)16-7-6-14(3)18(11-16)24(27)28/h6-9,11-13H,4-5,10H2,1-3H3,(H,22,25). The number of carbonyl (C=O) groups is 2. The van der Waals surface area contributed by atoms with E-state index in [1.54, 1.807) is 36.1 Å². The van der Waals surface area contributed by atoms with E-state index in [9.17, 15) is 19.7 Å². The lowest BCUT2D eigenvalue weighted by molar-refractivity contribution is -0.385. The van der Waals surface area contributed by atoms with E-state index in [1.165, 1.54) is 6.07 Å². The Labute approximate surface area is 163 Å². The van der Waals surface area contributed by atoms with Gasteiger partial charge in [0.25, 0.3) is 11.6 Å². The van der Waals surface area contributed by atoms with Crippen LogP contribution in [-0.2, 0) is 11.2 Å². The molecular formula is C21H23N3O4. The van der Waals surface area contributed by atoms with E-state index in [-0.39, 0.29) is 23.1 Å². The summed E-state index contributed by atoms with van der Waals surface area (Å²) in [5, 5.41) is 13.9. The number of carbonyl (C=O) groups excluding carboxylic acids is 2. The minimum absolute atomic E-state index is 0.0542. The van der Waals surface area contributed by atoms with Crippen LogP contribution in [0.5, 0.6) is 0 Å². The van der Waals surface area contributed by atoms with E-state index < -0.39 is 10.8 Å². The fourth-order valence-electron chi connectivity index (χ4n) is 3.34. The third kappa shape index (κ3) is 3.88. The van der Waals surface area contributed by atoms with Crippen LogP contribution in [0.15, 0.2) is 36.4 Å². The van der Waals surface area contributed by atoms with Crippen molar-refractivity contribution >= 4 is 28.9 Å². The molecule has 0 unspecified atom stereocenters. The van der Waals surface area contributed by atoms with Gasteiger partial charge in [0, 0.05) is 41.0 Å². The normalized spacial score (nSPS) is 13.2. The second-order valence-corrected chi connectivity index (χ2v) is 7.30. The van der Waals surface area contributed by atoms with E-state index in [0.717, 1.165) is 24.1 Å². The summed E-state index contributed by atoms with van der Waals surface area (Å²) in [6, 6.07) is 9.91. The van der Waals surface area contributed by atoms with Crippen molar-refractivity contribution in [3.8, 4) is 0 Å². The summed E-state index contributed by atoms with van der Waals surface area (Å²) in [5.74, 6) is -0.489. The summed E-state index contributed by atoms with van der Waals surface area (Å²) < 4.78 is 0. The Morgan fingerprint density at radius 3 is 2.61 bits per heavy atom. The number of aryl methyl sites for hydroxylation is 2. The molecule has 1 heterocycles. The van der Waals surface area contributed by atoms with Crippen LogP contribution in [0, 0.1) is 23.0 Å². The lowest BCUT2D eigenvalue weighted by atomic mass is 9.99. The number of rotatable bonds is 4. The van der Waals surface area contributed by atoms with E-state index in [0.29, 0.717) is 17.8 Å². The van der Waals surface area contributed by atoms with Crippen molar-refractivity contribution in [2.45, 2.75) is 33.6 Å². The third-order valence-electron chi connectivity index (χ3n) is 4.89. The summed E-state index contributed by atoms with van der Waals surface area (Å²) in [6.07, 6.45) is 1.79. The lowest BCUT2D eigenvalue weighted by Gasteiger charge is -2.31. The van der Waals surface area contributed by atoms with E-state index in [2.05, 4.69) is 5.32 Å². The molecule has 1 N–H and O–H groups in total. The number of benzene rings is 2. The van der Waals surface area contributed by atoms with Crippen LogP contribution in [0.3, 0.4) is 0 Å². The van der Waals surface area contributed by atoms with Gasteiger partial charge in [0.2, 0.25) is 5.91 Å². The summed E-state index contributed by atoms with van der Waals surface area (Å²) in [7, 11) is 0. The fourth-order valence-corrected chi connectivity index (χ4v) is 3.34. The van der Waals surface area contributed by atoms with Gasteiger partial charge in [0.1, 0.15) is 0 Å². The highest BCUT2D eigenvalue weighted by Gasteiger charge is 2.25. The average Bonchev–Trinajstić information content (AvgIpc) is 2.66. The number of hydrogen-bond acceptors (Lipinski definition) is 4. The summed E-state index contributed by atoms with van der Waals surface area (Å²) in [5.41, 5.74) is 3.06. The van der Waals surface area contributed by atoms with E-state index >= 15 is 0 Å². The van der Waals surface area contributed by atoms with E-state index in [4.69, 9.17) is 0 Å². The molecule has 0 aromatic heterocycles. The van der Waals surface area contributed by atoms with Crippen molar-refractivity contribution in [3.05, 3.63) is 63.2 Å². The molecule has 0 aliphatic carbocycles. The minimum atomic E-state index is -0.500. The molecule has 2 aromatic rings. The summed E-state index contributed by atoms with van der Waals surface area (Å²) in [4.78, 5) is 37.5. The molecule has 146 valence electrons. The molecule has 28 heavy (non-hydrogen) atoms. The van der Waals surface area contributed by atoms with Crippen molar-refractivity contribution in [1.29, 1.82) is 0 Å². The maximum absolute atomic E-state index is 12.6. The smallest absolute Gasteiger partial charge is 0.273 e. The van der Waals surface area contributed by atoms with Gasteiger partial charge < -0.3 is 10.2 Å². The lowest BCUT2D eigenvalue weighted by Crippen LogP contribution is -2.38. The Morgan fingerprint density at radius 2 is 1.93 bits per heavy atom. The maximum Gasteiger partial charge on any atom is 0.273 e. The van der Waals surface area contributed by atoms with Gasteiger partial charge in [-0.3, -0.25) is 19.7 Å². The van der Waals surface area contributed by atoms with Crippen LogP contribution < -0.4 is 10.2 Å². The third-order valence-corrected chi connectivity index (χ3v) is 4.89. The summed E-state index contributed by atoms with van der Waals surface area (Å²) in [6.45, 7) is 6.02. The van der Waals surface area contributed by atoms with Crippen LogP contribution >= 0.6 is 0 Å². The molecular weight excluding hydrogens is 358 g/mol. The van der Waals surface area contributed by atoms with Gasteiger partial charge in [-0.15, -0.1) is 0 Å². The van der Waals surface area contributed by atoms with Crippen LogP contribution in [0.25, 0.3) is 0 Å². The topological polar surface area (TPSA) is 92.6 Å². The highest BCUT2D eigenvalue weighted by Crippen LogP contribution is 2.31. The summed E-state index contributed by atoms with van der Waals surface area (Å²) >= 11 is 0. The number of hydrogen-bond donors (Lipinski definition) is 1. The molecule has 7 nitrogen and oxygen atoms in total. The van der Waals surface area contributed by atoms with Gasteiger partial charge in [-0.1, -0.05) is 26.0 Å². The van der Waals surface area contributed by atoms with Gasteiger partial charge in [-0.2, -0.15) is 0 Å². The van der Waals surface area contributed by atoms with E-state index in [1.807, 2.05) is 19.9 Å². The number of anilines is 2. The Bertz CT molecular complexity index is 953. The van der Waals surface area contributed by atoms with Crippen molar-refractivity contribution in [3.63, 3.8) is 0 Å². The Balaban J connectivity index is 1.87. The Hall–Kier alpha value is -3.22. The van der Waals surface area contributed by atoms with Crippen molar-refractivity contribution in [2.75, 3.05) is 16.8 Å². The number of nitro groups is 1. The van der Waals surface area contributed by atoms with Gasteiger partial charge >= 0.3 is 0 Å². The first-order valence-electron chi connectivity index (χ1n) is 9.28. The molecule has 0 bridgehead atoms. The molecule has 0 fully saturated rings. The first-order chi connectivity index (χ1) is 13.3. The number of nitrogens with one attached hydrogen (secondary N) is 1. The van der Waals surface area contributed by atoms with Crippen molar-refractivity contribution < 1.29 is 14.5 Å². The molecule has 3 rings (SSSR count). The highest BCUT2D eigenvalue weighted by molar-refractivity contribution is 6.05. The average molecular weight is 381 g/mol. The molecule has 2 aromatic carbocycles. The largest absolute Gasteiger partial charge is 0.322 e. The quantitative estimate of drug-likeness (QED) is 0.638. The Kier molecular flexibility index (Phi) is 5.44. The monoisotopic (exact) mass is 381 g/mol. The van der Waals surface area contributed by atoms with Gasteiger partial charge in [0.05, 0.1) is 4.92 Å². The van der Waals surface area contributed by atoms with Crippen molar-refractivity contribution in [2.24, 2.45) is 5.92 Å². The zero-order valence-electron chi connectivity index (χ0n) is 16.2. The van der Waals surface area contributed by atoms with Gasteiger partial charge in [0.15, 0.2) is 0 Å². The number of amides is 2. The first kappa shape index (κ1) is 19.5. The van der Waals surface area contributed by atoms with Crippen molar-refractivity contribution in [1.82, 2.24) is 0 Å². The molecule has 7 heteroatoms. The molecule has 0 atom stereocenters. The van der Waals surface area contributed by atoms with Gasteiger partial charge in [-0.05, 0) is 43.5 Å². The maximum atomic E-state index is 12.6. The van der Waals surface area contributed by atoms with Crippen LogP contribution in [-0.4, -0.2) is 23.3 Å². The fraction of sp³-hybridized carbons (Fsp3) is 0.333. The second kappa shape index (κ2) is 7.80. The zero-order chi connectivity index (χ0) is 20.4. The molecule has 1 aliphatic heterocycles. The SMILES string of the molecule is Cc1ccc(C(=O)Nc2ccc3c(c2)N(C(=O)C(C)C)CCC3)cc1[N+](=O)[O-]. The van der Waals surface area contributed by atoms with Crippen LogP contribution in [0.1, 0.15) is 41.8 Å². The molecule has 2 amide bonds. The molecule has 0 saturated carbocycles. The number of nitro benzene ring substituents is 1. The second-order valence-electron chi connectivity index (χ2n) is 7.30. The minimum Gasteiger partial charge on any atom is -0.322 e. The van der Waals surface area contributed by atoms with Gasteiger partial charge in [-0.25, -0.2) is 0 Å². The van der Waals surface area contributed by atoms with Crippen LogP contribution in [0.4, 0.5) is 17.1 Å².